The highest BCUT2D eigenvalue weighted by Crippen LogP contribution is 2.20. The van der Waals surface area contributed by atoms with Gasteiger partial charge in [-0.2, -0.15) is 0 Å². The highest BCUT2D eigenvalue weighted by Gasteiger charge is 2.08. The molecule has 0 aromatic heterocycles. The normalized spacial score (nSPS) is 17.5. The second kappa shape index (κ2) is 5.17. The van der Waals surface area contributed by atoms with Crippen LogP contribution >= 0.6 is 0 Å². The molecule has 2 rings (SSSR count). The third-order valence-electron chi connectivity index (χ3n) is 3.25. The first-order valence-corrected chi connectivity index (χ1v) is 5.98. The molecule has 0 saturated heterocycles. The molecule has 1 unspecified atom stereocenters. The van der Waals surface area contributed by atoms with Crippen LogP contribution in [0.3, 0.4) is 0 Å². The third-order valence-corrected chi connectivity index (χ3v) is 3.25. The molecule has 1 aromatic carbocycles. The van der Waals surface area contributed by atoms with Crippen LogP contribution in [0.25, 0.3) is 0 Å². The summed E-state index contributed by atoms with van der Waals surface area (Å²) in [6.45, 7) is 4.36. The third kappa shape index (κ3) is 2.45. The average Bonchev–Trinajstić information content (AvgIpc) is 2.39. The molecule has 0 aliphatic carbocycles. The first-order valence-electron chi connectivity index (χ1n) is 5.98. The molecule has 0 radical (unpaired) electrons. The second-order valence-electron chi connectivity index (χ2n) is 4.31. The molecule has 16 heavy (non-hydrogen) atoms. The van der Waals surface area contributed by atoms with Gasteiger partial charge in [-0.15, -0.1) is 0 Å². The van der Waals surface area contributed by atoms with E-state index in [0.29, 0.717) is 6.04 Å². The van der Waals surface area contributed by atoms with E-state index in [9.17, 15) is 0 Å². The number of nitrogens with one attached hydrogen (secondary N) is 1. The number of hydrogen-bond acceptors (Lipinski definition) is 2. The summed E-state index contributed by atoms with van der Waals surface area (Å²) in [5.74, 6) is 0. The highest BCUT2D eigenvalue weighted by atomic mass is 15.1. The minimum atomic E-state index is 0.426. The molecule has 0 fully saturated rings. The van der Waals surface area contributed by atoms with Gasteiger partial charge in [0.05, 0.1) is 0 Å². The van der Waals surface area contributed by atoms with Crippen LogP contribution in [0.15, 0.2) is 36.4 Å². The van der Waals surface area contributed by atoms with Crippen LogP contribution in [-0.4, -0.2) is 20.1 Å². The van der Waals surface area contributed by atoms with Crippen molar-refractivity contribution in [2.24, 2.45) is 0 Å². The fraction of sp³-hybridized carbons (Fsp3) is 0.429. The van der Waals surface area contributed by atoms with Gasteiger partial charge >= 0.3 is 0 Å². The van der Waals surface area contributed by atoms with Gasteiger partial charge in [0.25, 0.3) is 0 Å². The Labute approximate surface area is 98.0 Å². The van der Waals surface area contributed by atoms with E-state index in [1.165, 1.54) is 11.3 Å². The first-order chi connectivity index (χ1) is 7.81. The van der Waals surface area contributed by atoms with Gasteiger partial charge in [0.1, 0.15) is 0 Å². The van der Waals surface area contributed by atoms with Crippen LogP contribution in [0.2, 0.25) is 0 Å². The summed E-state index contributed by atoms with van der Waals surface area (Å²) in [6, 6.07) is 9.31. The van der Waals surface area contributed by atoms with E-state index in [1.807, 2.05) is 7.05 Å². The van der Waals surface area contributed by atoms with E-state index in [2.05, 4.69) is 53.6 Å². The summed E-state index contributed by atoms with van der Waals surface area (Å²) in [4.78, 5) is 2.41. The predicted octanol–water partition coefficient (Wildman–Crippen LogP) is 2.73. The fourth-order valence-electron chi connectivity index (χ4n) is 2.02. The molecule has 1 aliphatic heterocycles. The van der Waals surface area contributed by atoms with Crippen molar-refractivity contribution >= 4 is 5.69 Å². The van der Waals surface area contributed by atoms with E-state index >= 15 is 0 Å². The van der Waals surface area contributed by atoms with Gasteiger partial charge in [-0.25, -0.2) is 0 Å². The summed E-state index contributed by atoms with van der Waals surface area (Å²) in [7, 11) is 1.99. The predicted molar refractivity (Wildman–Crippen MR) is 69.9 cm³/mol. The Balaban J connectivity index is 2.09. The lowest BCUT2D eigenvalue weighted by molar-refractivity contribution is 0.652. The van der Waals surface area contributed by atoms with Crippen LogP contribution in [0.5, 0.6) is 0 Å². The van der Waals surface area contributed by atoms with Crippen molar-refractivity contribution in [2.75, 3.05) is 25.0 Å². The number of anilines is 1. The monoisotopic (exact) mass is 216 g/mol. The Morgan fingerprint density at radius 3 is 2.50 bits per heavy atom. The Morgan fingerprint density at radius 1 is 1.19 bits per heavy atom. The fourth-order valence-corrected chi connectivity index (χ4v) is 2.02. The molecule has 0 bridgehead atoms. The number of hydrogen-bond donors (Lipinski definition) is 1. The maximum atomic E-state index is 3.26. The zero-order valence-corrected chi connectivity index (χ0v) is 10.1. The minimum absolute atomic E-state index is 0.426. The summed E-state index contributed by atoms with van der Waals surface area (Å²) in [6.07, 6.45) is 5.66. The molecule has 86 valence electrons. The van der Waals surface area contributed by atoms with Gasteiger partial charge in [-0.3, -0.25) is 0 Å². The summed E-state index contributed by atoms with van der Waals surface area (Å²) >= 11 is 0. The quantitative estimate of drug-likeness (QED) is 0.782. The van der Waals surface area contributed by atoms with E-state index in [1.54, 1.807) is 0 Å². The molecule has 0 saturated carbocycles. The van der Waals surface area contributed by atoms with E-state index in [-0.39, 0.29) is 0 Å². The van der Waals surface area contributed by atoms with Gasteiger partial charge < -0.3 is 10.2 Å². The van der Waals surface area contributed by atoms with Crippen molar-refractivity contribution in [3.8, 4) is 0 Å². The van der Waals surface area contributed by atoms with Crippen molar-refractivity contribution < 1.29 is 0 Å². The number of benzene rings is 1. The summed E-state index contributed by atoms with van der Waals surface area (Å²) < 4.78 is 0. The Morgan fingerprint density at radius 2 is 1.94 bits per heavy atom. The molecule has 2 heteroatoms. The molecule has 1 N–H and O–H groups in total. The lowest BCUT2D eigenvalue weighted by atomic mass is 10.1. The lowest BCUT2D eigenvalue weighted by Crippen LogP contribution is -2.26. The van der Waals surface area contributed by atoms with Crippen molar-refractivity contribution in [3.05, 3.63) is 42.0 Å². The SMILES string of the molecule is CNC(C)c1ccc(N2CC=CCC2)cc1. The molecule has 1 aromatic rings. The minimum Gasteiger partial charge on any atom is -0.368 e. The van der Waals surface area contributed by atoms with Crippen LogP contribution in [0.1, 0.15) is 24.9 Å². The number of rotatable bonds is 3. The second-order valence-corrected chi connectivity index (χ2v) is 4.31. The maximum Gasteiger partial charge on any atom is 0.0369 e. The molecule has 1 heterocycles. The molecule has 2 nitrogen and oxygen atoms in total. The standard InChI is InChI=1S/C14H20N2/c1-12(15-2)13-6-8-14(9-7-13)16-10-4-3-5-11-16/h3-4,6-9,12,15H,5,10-11H2,1-2H3. The maximum absolute atomic E-state index is 3.26. The van der Waals surface area contributed by atoms with Gasteiger partial charge in [-0.05, 0) is 38.1 Å². The molecule has 0 spiro atoms. The van der Waals surface area contributed by atoms with Crippen LogP contribution in [0.4, 0.5) is 5.69 Å². The largest absolute Gasteiger partial charge is 0.368 e. The van der Waals surface area contributed by atoms with Gasteiger partial charge in [-0.1, -0.05) is 24.3 Å². The van der Waals surface area contributed by atoms with E-state index in [4.69, 9.17) is 0 Å². The highest BCUT2D eigenvalue weighted by molar-refractivity contribution is 5.49. The van der Waals surface area contributed by atoms with Crippen LogP contribution < -0.4 is 10.2 Å². The summed E-state index contributed by atoms with van der Waals surface area (Å²) in [5, 5.41) is 3.26. The Hall–Kier alpha value is -1.28. The molecule has 1 atom stereocenters. The van der Waals surface area contributed by atoms with Crippen molar-refractivity contribution in [1.29, 1.82) is 0 Å². The first kappa shape index (κ1) is 11.2. The van der Waals surface area contributed by atoms with E-state index < -0.39 is 0 Å². The molecule has 0 amide bonds. The molecular weight excluding hydrogens is 196 g/mol. The Bertz CT molecular complexity index is 354. The zero-order chi connectivity index (χ0) is 11.4. The Kier molecular flexibility index (Phi) is 3.62. The van der Waals surface area contributed by atoms with Crippen LogP contribution in [-0.2, 0) is 0 Å². The average molecular weight is 216 g/mol. The van der Waals surface area contributed by atoms with Gasteiger partial charge in [0, 0.05) is 24.8 Å². The lowest BCUT2D eigenvalue weighted by Gasteiger charge is -2.26. The van der Waals surface area contributed by atoms with Gasteiger partial charge in [0.2, 0.25) is 0 Å². The van der Waals surface area contributed by atoms with Gasteiger partial charge in [0.15, 0.2) is 0 Å². The summed E-state index contributed by atoms with van der Waals surface area (Å²) in [5.41, 5.74) is 2.68. The van der Waals surface area contributed by atoms with Crippen molar-refractivity contribution in [1.82, 2.24) is 5.32 Å². The van der Waals surface area contributed by atoms with Crippen LogP contribution in [0, 0.1) is 0 Å². The topological polar surface area (TPSA) is 15.3 Å². The smallest absolute Gasteiger partial charge is 0.0369 e. The van der Waals surface area contributed by atoms with Crippen molar-refractivity contribution in [3.63, 3.8) is 0 Å². The van der Waals surface area contributed by atoms with E-state index in [0.717, 1.165) is 19.5 Å². The molecular formula is C14H20N2. The molecule has 1 aliphatic rings. The zero-order valence-electron chi connectivity index (χ0n) is 10.1. The number of nitrogens with zero attached hydrogens (tertiary/aromatic N) is 1. The van der Waals surface area contributed by atoms with Crippen molar-refractivity contribution in [2.45, 2.75) is 19.4 Å².